The van der Waals surface area contributed by atoms with Crippen LogP contribution < -0.4 is 4.74 Å². The summed E-state index contributed by atoms with van der Waals surface area (Å²) in [6, 6.07) is 17.3. The van der Waals surface area contributed by atoms with Crippen LogP contribution in [0.2, 0.25) is 0 Å². The van der Waals surface area contributed by atoms with Gasteiger partial charge in [-0.25, -0.2) is 0 Å². The Morgan fingerprint density at radius 3 is 2.34 bits per heavy atom. The molecule has 1 atom stereocenters. The second-order valence-electron chi connectivity index (χ2n) is 7.56. The Labute approximate surface area is 186 Å². The number of aliphatic hydroxyl groups excluding tert-OH is 1. The highest BCUT2D eigenvalue weighted by atomic mass is 16.5. The monoisotopic (exact) mass is 431 g/mol. The highest BCUT2D eigenvalue weighted by Crippen LogP contribution is 2.40. The number of aliphatic hydroxyl groups is 1. The third-order valence-corrected chi connectivity index (χ3v) is 5.59. The molecular weight excluding hydrogens is 406 g/mol. The fraction of sp³-hybridized carbons (Fsp3) is 0.231. The quantitative estimate of drug-likeness (QED) is 0.328. The number of Topliss-reactive ketones (excluding diaryl/α,β-unsaturated/α-hetero) is 1. The Kier molecular flexibility index (Phi) is 6.12. The summed E-state index contributed by atoms with van der Waals surface area (Å²) in [7, 11) is 0. The smallest absolute Gasteiger partial charge is 0.296 e. The van der Waals surface area contributed by atoms with Gasteiger partial charge in [0.2, 0.25) is 0 Å². The summed E-state index contributed by atoms with van der Waals surface area (Å²) >= 11 is 0. The van der Waals surface area contributed by atoms with Gasteiger partial charge in [0.15, 0.2) is 0 Å². The van der Waals surface area contributed by atoms with Crippen molar-refractivity contribution in [3.05, 3.63) is 95.0 Å². The van der Waals surface area contributed by atoms with Crippen molar-refractivity contribution in [1.82, 2.24) is 4.90 Å². The molecule has 0 bridgehead atoms. The molecule has 1 unspecified atom stereocenters. The van der Waals surface area contributed by atoms with Gasteiger partial charge in [0.1, 0.15) is 17.3 Å². The van der Waals surface area contributed by atoms with E-state index in [-0.39, 0.29) is 17.9 Å². The van der Waals surface area contributed by atoms with Crippen molar-refractivity contribution in [3.8, 4) is 5.75 Å². The van der Waals surface area contributed by atoms with Gasteiger partial charge in [0.25, 0.3) is 11.7 Å². The molecule has 0 aliphatic carbocycles. The molecule has 1 aliphatic rings. The molecule has 1 N–H and O–H groups in total. The Bertz CT molecular complexity index is 1130. The summed E-state index contributed by atoms with van der Waals surface area (Å²) in [5.41, 5.74) is 2.40. The lowest BCUT2D eigenvalue weighted by molar-refractivity contribution is -0.140. The summed E-state index contributed by atoms with van der Waals surface area (Å²) in [6.45, 7) is 4.59. The minimum Gasteiger partial charge on any atom is -0.507 e. The van der Waals surface area contributed by atoms with E-state index >= 15 is 0 Å². The van der Waals surface area contributed by atoms with Crippen LogP contribution in [0.1, 0.15) is 42.3 Å². The van der Waals surface area contributed by atoms with Gasteiger partial charge < -0.3 is 19.2 Å². The number of furan rings is 1. The summed E-state index contributed by atoms with van der Waals surface area (Å²) < 4.78 is 10.9. The van der Waals surface area contributed by atoms with Crippen molar-refractivity contribution in [2.45, 2.75) is 32.9 Å². The van der Waals surface area contributed by atoms with Crippen LogP contribution in [0.3, 0.4) is 0 Å². The molecule has 6 nitrogen and oxygen atoms in total. The van der Waals surface area contributed by atoms with Crippen LogP contribution in [0.25, 0.3) is 5.76 Å². The van der Waals surface area contributed by atoms with E-state index in [0.29, 0.717) is 23.7 Å². The first kappa shape index (κ1) is 21.4. The average molecular weight is 431 g/mol. The number of aryl methyl sites for hydroxylation is 1. The molecule has 1 saturated heterocycles. The summed E-state index contributed by atoms with van der Waals surface area (Å²) in [5.74, 6) is -0.374. The van der Waals surface area contributed by atoms with Crippen molar-refractivity contribution < 1.29 is 23.8 Å². The Morgan fingerprint density at radius 2 is 1.75 bits per heavy atom. The zero-order valence-electron chi connectivity index (χ0n) is 18.1. The predicted molar refractivity (Wildman–Crippen MR) is 120 cm³/mol. The number of rotatable bonds is 7. The standard InChI is InChI=1S/C26H25NO5/c1-3-17-7-9-18(10-8-17)23-22(24(28)19-11-13-20(14-12-19)31-4-2)25(29)26(30)27(23)16-21-6-5-15-32-21/h5-15,23,28H,3-4,16H2,1-2H3/b24-22-. The van der Waals surface area contributed by atoms with Crippen LogP contribution in [0.15, 0.2) is 76.9 Å². The van der Waals surface area contributed by atoms with Crippen molar-refractivity contribution >= 4 is 17.4 Å². The molecule has 32 heavy (non-hydrogen) atoms. The molecule has 0 spiro atoms. The second kappa shape index (κ2) is 9.14. The van der Waals surface area contributed by atoms with E-state index in [2.05, 4.69) is 6.92 Å². The number of benzene rings is 2. The normalized spacial score (nSPS) is 17.7. The number of likely N-dealkylation sites (tertiary alicyclic amines) is 1. The Morgan fingerprint density at radius 1 is 1.03 bits per heavy atom. The topological polar surface area (TPSA) is 80.0 Å². The average Bonchev–Trinajstić information content (AvgIpc) is 3.42. The minimum atomic E-state index is -0.724. The van der Waals surface area contributed by atoms with Crippen molar-refractivity contribution in [2.75, 3.05) is 6.61 Å². The molecule has 1 fully saturated rings. The van der Waals surface area contributed by atoms with E-state index in [1.165, 1.54) is 11.2 Å². The zero-order valence-corrected chi connectivity index (χ0v) is 18.1. The van der Waals surface area contributed by atoms with Gasteiger partial charge in [-0.2, -0.15) is 0 Å². The third-order valence-electron chi connectivity index (χ3n) is 5.59. The van der Waals surface area contributed by atoms with Crippen molar-refractivity contribution in [3.63, 3.8) is 0 Å². The van der Waals surface area contributed by atoms with Gasteiger partial charge in [-0.1, -0.05) is 31.2 Å². The first-order chi connectivity index (χ1) is 15.5. The molecule has 1 aliphatic heterocycles. The van der Waals surface area contributed by atoms with Crippen LogP contribution in [0, 0.1) is 0 Å². The number of hydrogen-bond donors (Lipinski definition) is 1. The number of ether oxygens (including phenoxy) is 1. The summed E-state index contributed by atoms with van der Waals surface area (Å²) in [4.78, 5) is 27.5. The highest BCUT2D eigenvalue weighted by Gasteiger charge is 2.46. The first-order valence-electron chi connectivity index (χ1n) is 10.7. The van der Waals surface area contributed by atoms with E-state index in [0.717, 1.165) is 17.5 Å². The minimum absolute atomic E-state index is 0.0648. The molecule has 4 rings (SSSR count). The first-order valence-corrected chi connectivity index (χ1v) is 10.7. The van der Waals surface area contributed by atoms with Gasteiger partial charge in [0, 0.05) is 5.56 Å². The maximum atomic E-state index is 13.1. The van der Waals surface area contributed by atoms with Crippen LogP contribution >= 0.6 is 0 Å². The molecule has 6 heteroatoms. The van der Waals surface area contributed by atoms with E-state index in [9.17, 15) is 14.7 Å². The SMILES string of the molecule is CCOc1ccc(/C(O)=C2/C(=O)C(=O)N(Cc3ccco3)C2c2ccc(CC)cc2)cc1. The predicted octanol–water partition coefficient (Wildman–Crippen LogP) is 4.86. The van der Waals surface area contributed by atoms with E-state index in [4.69, 9.17) is 9.15 Å². The van der Waals surface area contributed by atoms with E-state index < -0.39 is 17.7 Å². The van der Waals surface area contributed by atoms with Crippen LogP contribution in [-0.4, -0.2) is 28.3 Å². The molecular formula is C26H25NO5. The summed E-state index contributed by atoms with van der Waals surface area (Å²) in [5, 5.41) is 11.1. The van der Waals surface area contributed by atoms with Crippen molar-refractivity contribution in [1.29, 1.82) is 0 Å². The highest BCUT2D eigenvalue weighted by molar-refractivity contribution is 6.46. The van der Waals surface area contributed by atoms with E-state index in [1.54, 1.807) is 36.4 Å². The van der Waals surface area contributed by atoms with Crippen molar-refractivity contribution in [2.24, 2.45) is 0 Å². The fourth-order valence-electron chi connectivity index (χ4n) is 3.93. The van der Waals surface area contributed by atoms with Gasteiger partial charge in [-0.05, 0) is 60.9 Å². The number of carbonyl (C=O) groups excluding carboxylic acids is 2. The molecule has 3 aromatic rings. The zero-order chi connectivity index (χ0) is 22.7. The molecule has 164 valence electrons. The molecule has 0 saturated carbocycles. The van der Waals surface area contributed by atoms with Crippen LogP contribution in [0.5, 0.6) is 5.75 Å². The van der Waals surface area contributed by atoms with Crippen LogP contribution in [-0.2, 0) is 22.6 Å². The number of amides is 1. The van der Waals surface area contributed by atoms with Crippen LogP contribution in [0.4, 0.5) is 0 Å². The molecule has 1 amide bonds. The molecule has 1 aromatic heterocycles. The van der Waals surface area contributed by atoms with Gasteiger partial charge in [0.05, 0.1) is 31.0 Å². The lowest BCUT2D eigenvalue weighted by Gasteiger charge is -2.24. The van der Waals surface area contributed by atoms with Gasteiger partial charge in [-0.3, -0.25) is 9.59 Å². The maximum Gasteiger partial charge on any atom is 0.296 e. The largest absolute Gasteiger partial charge is 0.507 e. The lowest BCUT2D eigenvalue weighted by Crippen LogP contribution is -2.29. The summed E-state index contributed by atoms with van der Waals surface area (Å²) in [6.07, 6.45) is 2.40. The second-order valence-corrected chi connectivity index (χ2v) is 7.56. The lowest BCUT2D eigenvalue weighted by atomic mass is 9.94. The molecule has 2 aromatic carbocycles. The Balaban J connectivity index is 1.80. The number of hydrogen-bond acceptors (Lipinski definition) is 5. The van der Waals surface area contributed by atoms with E-state index in [1.807, 2.05) is 31.2 Å². The molecule has 2 heterocycles. The third kappa shape index (κ3) is 4.04. The fourth-order valence-corrected chi connectivity index (χ4v) is 3.93. The number of ketones is 1. The molecule has 0 radical (unpaired) electrons. The van der Waals surface area contributed by atoms with Gasteiger partial charge in [-0.15, -0.1) is 0 Å². The number of carbonyl (C=O) groups is 2. The maximum absolute atomic E-state index is 13.1. The van der Waals surface area contributed by atoms with Gasteiger partial charge >= 0.3 is 0 Å². The Hall–Kier alpha value is -3.80. The number of nitrogens with zero attached hydrogens (tertiary/aromatic N) is 1.